The predicted molar refractivity (Wildman–Crippen MR) is 67.6 cm³/mol. The first-order valence-corrected chi connectivity index (χ1v) is 6.10. The zero-order valence-electron chi connectivity index (χ0n) is 10.2. The summed E-state index contributed by atoms with van der Waals surface area (Å²) < 4.78 is 5.43. The normalized spacial score (nSPS) is 14.9. The number of nitrogens with one attached hydrogen (secondary N) is 1. The maximum absolute atomic E-state index is 10.5. The number of hydrogen-bond donors (Lipinski definition) is 3. The van der Waals surface area contributed by atoms with Crippen molar-refractivity contribution in [3.63, 3.8) is 0 Å². The summed E-state index contributed by atoms with van der Waals surface area (Å²) in [6, 6.07) is 5.36. The fourth-order valence-corrected chi connectivity index (χ4v) is 1.96. The predicted octanol–water partition coefficient (Wildman–Crippen LogP) is 0.513. The zero-order chi connectivity index (χ0) is 13.0. The highest BCUT2D eigenvalue weighted by molar-refractivity contribution is 5.72. The molecular formula is C13H18N2O3. The number of carboxylic acids is 1. The van der Waals surface area contributed by atoms with Gasteiger partial charge >= 0.3 is 5.97 Å². The van der Waals surface area contributed by atoms with Gasteiger partial charge in [0.05, 0.1) is 6.61 Å². The summed E-state index contributed by atoms with van der Waals surface area (Å²) in [6.07, 6.45) is 1.40. The van der Waals surface area contributed by atoms with Crippen LogP contribution in [0.25, 0.3) is 0 Å². The molecule has 0 aliphatic carbocycles. The Balaban J connectivity index is 1.75. The highest BCUT2D eigenvalue weighted by Gasteiger charge is 2.12. The smallest absolute Gasteiger partial charge is 0.320 e. The molecule has 0 saturated heterocycles. The Bertz CT molecular complexity index is 434. The van der Waals surface area contributed by atoms with Gasteiger partial charge in [-0.15, -0.1) is 0 Å². The monoisotopic (exact) mass is 250 g/mol. The third-order valence-electron chi connectivity index (χ3n) is 3.03. The molecule has 0 amide bonds. The summed E-state index contributed by atoms with van der Waals surface area (Å²) in [4.78, 5) is 10.5. The van der Waals surface area contributed by atoms with E-state index in [-0.39, 0.29) is 0 Å². The highest BCUT2D eigenvalue weighted by atomic mass is 16.5. The number of aliphatic carboxylic acids is 1. The summed E-state index contributed by atoms with van der Waals surface area (Å²) in [6.45, 7) is 2.08. The molecule has 1 aromatic carbocycles. The lowest BCUT2D eigenvalue weighted by molar-refractivity contribution is -0.138. The maximum Gasteiger partial charge on any atom is 0.320 e. The number of fused-ring (bicyclic) bond motifs is 1. The molecule has 1 heterocycles. The van der Waals surface area contributed by atoms with Crippen molar-refractivity contribution in [3.8, 4) is 5.75 Å². The van der Waals surface area contributed by atoms with Gasteiger partial charge in [-0.2, -0.15) is 0 Å². The minimum Gasteiger partial charge on any atom is -0.493 e. The minimum atomic E-state index is -0.952. The van der Waals surface area contributed by atoms with E-state index in [0.29, 0.717) is 13.0 Å². The van der Waals surface area contributed by atoms with Gasteiger partial charge in [-0.3, -0.25) is 4.79 Å². The van der Waals surface area contributed by atoms with Crippen LogP contribution in [0.4, 0.5) is 0 Å². The maximum atomic E-state index is 10.5. The van der Waals surface area contributed by atoms with Gasteiger partial charge in [0.15, 0.2) is 0 Å². The fourth-order valence-electron chi connectivity index (χ4n) is 1.96. The van der Waals surface area contributed by atoms with Crippen LogP contribution < -0.4 is 15.8 Å². The van der Waals surface area contributed by atoms with Crippen LogP contribution in [0.2, 0.25) is 0 Å². The van der Waals surface area contributed by atoms with Crippen molar-refractivity contribution in [2.24, 2.45) is 5.73 Å². The molecule has 98 valence electrons. The van der Waals surface area contributed by atoms with Crippen LogP contribution in [-0.2, 0) is 17.8 Å². The third kappa shape index (κ3) is 3.21. The third-order valence-corrected chi connectivity index (χ3v) is 3.03. The van der Waals surface area contributed by atoms with Gasteiger partial charge in [-0.05, 0) is 30.2 Å². The molecule has 5 heteroatoms. The molecule has 1 aliphatic rings. The number of carbonyl (C=O) groups is 1. The van der Waals surface area contributed by atoms with E-state index in [9.17, 15) is 4.79 Å². The molecule has 0 bridgehead atoms. The standard InChI is InChI=1S/C13H18N2O3/c14-11(13(16)17)3-5-15-8-9-1-2-12-10(7-9)4-6-18-12/h1-2,7,11,15H,3-6,8,14H2,(H,16,17). The van der Waals surface area contributed by atoms with Crippen LogP contribution in [0, 0.1) is 0 Å². The van der Waals surface area contributed by atoms with E-state index in [1.54, 1.807) is 0 Å². The van der Waals surface area contributed by atoms with Crippen LogP contribution in [0.5, 0.6) is 5.75 Å². The first kappa shape index (κ1) is 12.9. The second-order valence-corrected chi connectivity index (χ2v) is 4.45. The Morgan fingerprint density at radius 1 is 1.56 bits per heavy atom. The van der Waals surface area contributed by atoms with E-state index in [2.05, 4.69) is 11.4 Å². The molecule has 0 aromatic heterocycles. The van der Waals surface area contributed by atoms with E-state index < -0.39 is 12.0 Å². The minimum absolute atomic E-state index is 0.434. The Morgan fingerprint density at radius 3 is 3.17 bits per heavy atom. The van der Waals surface area contributed by atoms with E-state index in [4.69, 9.17) is 15.6 Å². The fraction of sp³-hybridized carbons (Fsp3) is 0.462. The number of nitrogens with two attached hydrogens (primary N) is 1. The summed E-state index contributed by atoms with van der Waals surface area (Å²) in [5.74, 6) is 0.0260. The Morgan fingerprint density at radius 2 is 2.39 bits per heavy atom. The molecule has 4 N–H and O–H groups in total. The highest BCUT2D eigenvalue weighted by Crippen LogP contribution is 2.25. The molecule has 0 saturated carbocycles. The van der Waals surface area contributed by atoms with Gasteiger partial charge in [0.25, 0.3) is 0 Å². The van der Waals surface area contributed by atoms with Crippen molar-refractivity contribution in [2.45, 2.75) is 25.4 Å². The van der Waals surface area contributed by atoms with Crippen molar-refractivity contribution < 1.29 is 14.6 Å². The number of hydrogen-bond acceptors (Lipinski definition) is 4. The molecule has 1 unspecified atom stereocenters. The topological polar surface area (TPSA) is 84.6 Å². The number of rotatable bonds is 6. The van der Waals surface area contributed by atoms with Crippen LogP contribution in [0.15, 0.2) is 18.2 Å². The van der Waals surface area contributed by atoms with Crippen molar-refractivity contribution in [1.82, 2.24) is 5.32 Å². The van der Waals surface area contributed by atoms with Crippen molar-refractivity contribution in [3.05, 3.63) is 29.3 Å². The van der Waals surface area contributed by atoms with Gasteiger partial charge in [-0.1, -0.05) is 12.1 Å². The second-order valence-electron chi connectivity index (χ2n) is 4.45. The lowest BCUT2D eigenvalue weighted by Crippen LogP contribution is -2.33. The molecular weight excluding hydrogens is 232 g/mol. The van der Waals surface area contributed by atoms with Crippen LogP contribution in [0.1, 0.15) is 17.5 Å². The van der Waals surface area contributed by atoms with Gasteiger partial charge in [0.1, 0.15) is 11.8 Å². The molecule has 2 rings (SSSR count). The van der Waals surface area contributed by atoms with E-state index >= 15 is 0 Å². The first-order valence-electron chi connectivity index (χ1n) is 6.10. The number of benzene rings is 1. The van der Waals surface area contributed by atoms with Crippen molar-refractivity contribution >= 4 is 5.97 Å². The molecule has 1 aliphatic heterocycles. The average Bonchev–Trinajstić information content (AvgIpc) is 2.81. The summed E-state index contributed by atoms with van der Waals surface area (Å²) in [5, 5.41) is 11.8. The Labute approximate surface area is 106 Å². The summed E-state index contributed by atoms with van der Waals surface area (Å²) in [7, 11) is 0. The number of ether oxygens (including phenoxy) is 1. The molecule has 1 atom stereocenters. The van der Waals surface area contributed by atoms with Crippen LogP contribution in [0.3, 0.4) is 0 Å². The molecule has 1 aromatic rings. The van der Waals surface area contributed by atoms with Gasteiger partial charge < -0.3 is 20.9 Å². The van der Waals surface area contributed by atoms with Crippen LogP contribution in [-0.4, -0.2) is 30.3 Å². The number of carboxylic acid groups (broad SMARTS) is 1. The van der Waals surface area contributed by atoms with E-state index in [1.165, 1.54) is 11.1 Å². The van der Waals surface area contributed by atoms with Crippen molar-refractivity contribution in [1.29, 1.82) is 0 Å². The lowest BCUT2D eigenvalue weighted by atomic mass is 10.1. The quantitative estimate of drug-likeness (QED) is 0.641. The lowest BCUT2D eigenvalue weighted by Gasteiger charge is -2.08. The Kier molecular flexibility index (Phi) is 4.17. The second kappa shape index (κ2) is 5.84. The van der Waals surface area contributed by atoms with E-state index in [0.717, 1.165) is 25.3 Å². The molecule has 18 heavy (non-hydrogen) atoms. The molecule has 0 fully saturated rings. The van der Waals surface area contributed by atoms with Crippen molar-refractivity contribution in [2.75, 3.05) is 13.2 Å². The molecule has 0 radical (unpaired) electrons. The zero-order valence-corrected chi connectivity index (χ0v) is 10.2. The van der Waals surface area contributed by atoms with E-state index in [1.807, 2.05) is 12.1 Å². The summed E-state index contributed by atoms with van der Waals surface area (Å²) in [5.41, 5.74) is 7.84. The SMILES string of the molecule is NC(CCNCc1ccc2c(c1)CCO2)C(=O)O. The first-order chi connectivity index (χ1) is 8.66. The molecule has 0 spiro atoms. The van der Waals surface area contributed by atoms with Crippen LogP contribution >= 0.6 is 0 Å². The summed E-state index contributed by atoms with van der Waals surface area (Å²) >= 11 is 0. The molecule has 5 nitrogen and oxygen atoms in total. The van der Waals surface area contributed by atoms with Gasteiger partial charge in [-0.25, -0.2) is 0 Å². The van der Waals surface area contributed by atoms with Gasteiger partial charge in [0, 0.05) is 13.0 Å². The largest absolute Gasteiger partial charge is 0.493 e. The average molecular weight is 250 g/mol. The Hall–Kier alpha value is -1.59. The van der Waals surface area contributed by atoms with Gasteiger partial charge in [0.2, 0.25) is 0 Å².